The average molecular weight is 424 g/mol. The van der Waals surface area contributed by atoms with Gasteiger partial charge in [-0.2, -0.15) is 0 Å². The van der Waals surface area contributed by atoms with Crippen molar-refractivity contribution in [3.63, 3.8) is 0 Å². The molecule has 7 heteroatoms. The third kappa shape index (κ3) is 5.53. The molecule has 0 bridgehead atoms. The van der Waals surface area contributed by atoms with Gasteiger partial charge in [0.2, 0.25) is 5.91 Å². The third-order valence-electron chi connectivity index (χ3n) is 5.10. The highest BCUT2D eigenvalue weighted by molar-refractivity contribution is 6.30. The smallest absolute Gasteiger partial charge is 0.222 e. The molecule has 3 atom stereocenters. The Kier molecular flexibility index (Phi) is 6.88. The van der Waals surface area contributed by atoms with E-state index in [0.717, 1.165) is 23.8 Å². The van der Waals surface area contributed by atoms with Crippen LogP contribution in [0.2, 0.25) is 5.02 Å². The quantitative estimate of drug-likeness (QED) is 0.701. The largest absolute Gasteiger partial charge is 0.384 e. The van der Waals surface area contributed by atoms with E-state index in [0.29, 0.717) is 24.5 Å². The highest BCUT2D eigenvalue weighted by Crippen LogP contribution is 2.44. The van der Waals surface area contributed by atoms with Crippen LogP contribution in [-0.4, -0.2) is 25.2 Å². The van der Waals surface area contributed by atoms with Crippen LogP contribution in [0.25, 0.3) is 0 Å². The Balaban J connectivity index is 1.92. The lowest BCUT2D eigenvalue weighted by Gasteiger charge is -2.43. The van der Waals surface area contributed by atoms with Crippen LogP contribution in [-0.2, 0) is 14.3 Å². The van der Waals surface area contributed by atoms with E-state index < -0.39 is 29.4 Å². The highest BCUT2D eigenvalue weighted by atomic mass is 35.5. The van der Waals surface area contributed by atoms with Crippen LogP contribution in [0.1, 0.15) is 49.5 Å². The Bertz CT molecular complexity index is 879. The molecule has 0 aliphatic carbocycles. The molecule has 29 heavy (non-hydrogen) atoms. The van der Waals surface area contributed by atoms with Crippen molar-refractivity contribution in [2.75, 3.05) is 13.7 Å². The number of benzene rings is 2. The number of halogens is 3. The van der Waals surface area contributed by atoms with Gasteiger partial charge in [-0.1, -0.05) is 23.7 Å². The third-order valence-corrected chi connectivity index (χ3v) is 5.34. The van der Waals surface area contributed by atoms with Gasteiger partial charge in [-0.25, -0.2) is 8.78 Å². The zero-order valence-corrected chi connectivity index (χ0v) is 17.1. The summed E-state index contributed by atoms with van der Waals surface area (Å²) in [6, 6.07) is 10.5. The lowest BCUT2D eigenvalue weighted by atomic mass is 9.81. The molecule has 1 heterocycles. The van der Waals surface area contributed by atoms with E-state index in [2.05, 4.69) is 5.32 Å². The summed E-state index contributed by atoms with van der Waals surface area (Å²) in [5.74, 6) is -1.25. The van der Waals surface area contributed by atoms with Gasteiger partial charge < -0.3 is 14.8 Å². The van der Waals surface area contributed by atoms with Crippen LogP contribution in [0.15, 0.2) is 42.5 Å². The van der Waals surface area contributed by atoms with Crippen LogP contribution in [0.5, 0.6) is 0 Å². The maximum absolute atomic E-state index is 14.5. The van der Waals surface area contributed by atoms with Crippen molar-refractivity contribution in [1.82, 2.24) is 5.32 Å². The van der Waals surface area contributed by atoms with Gasteiger partial charge in [0.05, 0.1) is 18.8 Å². The van der Waals surface area contributed by atoms with Gasteiger partial charge in [0.25, 0.3) is 0 Å². The van der Waals surface area contributed by atoms with Crippen molar-refractivity contribution >= 4 is 17.5 Å². The second-order valence-corrected chi connectivity index (χ2v) is 8.03. The minimum atomic E-state index is -0.726. The van der Waals surface area contributed by atoms with Gasteiger partial charge in [0, 0.05) is 42.5 Å². The number of carbonyl (C=O) groups excluding carboxylic acids is 1. The van der Waals surface area contributed by atoms with E-state index in [1.165, 1.54) is 7.11 Å². The summed E-state index contributed by atoms with van der Waals surface area (Å²) < 4.78 is 39.4. The average Bonchev–Trinajstić information content (AvgIpc) is 2.67. The van der Waals surface area contributed by atoms with E-state index in [4.69, 9.17) is 21.1 Å². The fraction of sp³-hybridized carbons (Fsp3) is 0.409. The van der Waals surface area contributed by atoms with Crippen LogP contribution in [0, 0.1) is 11.6 Å². The number of amides is 1. The van der Waals surface area contributed by atoms with Crippen LogP contribution in [0.4, 0.5) is 8.78 Å². The summed E-state index contributed by atoms with van der Waals surface area (Å²) in [6.07, 6.45) is -0.171. The molecule has 1 fully saturated rings. The summed E-state index contributed by atoms with van der Waals surface area (Å²) in [4.78, 5) is 12.3. The number of ether oxygens (including phenoxy) is 2. The second kappa shape index (κ2) is 9.20. The minimum absolute atomic E-state index is 0.133. The molecule has 1 amide bonds. The van der Waals surface area contributed by atoms with Gasteiger partial charge in [0.1, 0.15) is 11.6 Å². The number of nitrogens with one attached hydrogen (secondary N) is 1. The molecule has 0 radical (unpaired) electrons. The molecular weight excluding hydrogens is 400 g/mol. The van der Waals surface area contributed by atoms with E-state index in [1.807, 2.05) is 19.1 Å². The lowest BCUT2D eigenvalue weighted by molar-refractivity contribution is -0.129. The van der Waals surface area contributed by atoms with Gasteiger partial charge in [0.15, 0.2) is 0 Å². The van der Waals surface area contributed by atoms with Crippen molar-refractivity contribution in [1.29, 1.82) is 0 Å². The van der Waals surface area contributed by atoms with E-state index in [-0.39, 0.29) is 17.9 Å². The Morgan fingerprint density at radius 1 is 1.24 bits per heavy atom. The van der Waals surface area contributed by atoms with Gasteiger partial charge >= 0.3 is 0 Å². The first-order chi connectivity index (χ1) is 13.8. The number of methoxy groups -OCH3 is 1. The molecule has 2 aromatic carbocycles. The molecule has 156 valence electrons. The fourth-order valence-electron chi connectivity index (χ4n) is 3.74. The van der Waals surface area contributed by atoms with E-state index in [1.54, 1.807) is 12.1 Å². The maximum Gasteiger partial charge on any atom is 0.222 e. The number of hydrogen-bond acceptors (Lipinski definition) is 3. The second-order valence-electron chi connectivity index (χ2n) is 7.59. The van der Waals surface area contributed by atoms with Crippen molar-refractivity contribution in [3.05, 3.63) is 70.2 Å². The molecule has 0 saturated carbocycles. The molecule has 0 spiro atoms. The summed E-state index contributed by atoms with van der Waals surface area (Å²) in [5, 5.41) is 3.58. The van der Waals surface area contributed by atoms with Crippen LogP contribution in [0.3, 0.4) is 0 Å². The van der Waals surface area contributed by atoms with Gasteiger partial charge in [-0.15, -0.1) is 0 Å². The summed E-state index contributed by atoms with van der Waals surface area (Å²) >= 11 is 6.13. The number of hydrogen-bond donors (Lipinski definition) is 1. The lowest BCUT2D eigenvalue weighted by Crippen LogP contribution is -2.51. The van der Waals surface area contributed by atoms with Crippen LogP contribution < -0.4 is 5.32 Å². The molecule has 1 aliphatic heterocycles. The molecule has 1 aliphatic rings. The van der Waals surface area contributed by atoms with Crippen molar-refractivity contribution < 1.29 is 23.0 Å². The van der Waals surface area contributed by atoms with Gasteiger partial charge in [-0.05, 0) is 42.8 Å². The molecule has 1 N–H and O–H groups in total. The number of carbonyl (C=O) groups is 1. The van der Waals surface area contributed by atoms with Gasteiger partial charge in [-0.3, -0.25) is 4.79 Å². The molecular formula is C22H24ClF2NO3. The summed E-state index contributed by atoms with van der Waals surface area (Å²) in [5.41, 5.74) is 0.268. The molecule has 4 nitrogen and oxygen atoms in total. The first-order valence-electron chi connectivity index (χ1n) is 9.45. The molecule has 0 unspecified atom stereocenters. The predicted octanol–water partition coefficient (Wildman–Crippen LogP) is 5.12. The Morgan fingerprint density at radius 2 is 2.00 bits per heavy atom. The van der Waals surface area contributed by atoms with E-state index >= 15 is 0 Å². The molecule has 1 saturated heterocycles. The summed E-state index contributed by atoms with van der Waals surface area (Å²) in [6.45, 7) is 2.19. The zero-order valence-electron chi connectivity index (χ0n) is 16.4. The SMILES string of the molecule is COCCC(=O)N[C@@]1(C)C[C@@H](c2cccc(Cl)c2)O[C@@H](c2cc(F)ccc2F)C1. The molecule has 3 rings (SSSR count). The topological polar surface area (TPSA) is 47.6 Å². The maximum atomic E-state index is 14.5. The van der Waals surface area contributed by atoms with Crippen LogP contribution >= 0.6 is 11.6 Å². The Labute approximate surface area is 174 Å². The van der Waals surface area contributed by atoms with Crippen molar-refractivity contribution in [2.45, 2.75) is 43.9 Å². The minimum Gasteiger partial charge on any atom is -0.384 e. The summed E-state index contributed by atoms with van der Waals surface area (Å²) in [7, 11) is 1.53. The van der Waals surface area contributed by atoms with Crippen molar-refractivity contribution in [3.8, 4) is 0 Å². The fourth-order valence-corrected chi connectivity index (χ4v) is 3.94. The monoisotopic (exact) mass is 423 g/mol. The Hall–Kier alpha value is -2.02. The zero-order chi connectivity index (χ0) is 21.0. The highest BCUT2D eigenvalue weighted by Gasteiger charge is 2.41. The predicted molar refractivity (Wildman–Crippen MR) is 107 cm³/mol. The normalized spacial score (nSPS) is 24.3. The Morgan fingerprint density at radius 3 is 2.72 bits per heavy atom. The van der Waals surface area contributed by atoms with E-state index in [9.17, 15) is 13.6 Å². The first-order valence-corrected chi connectivity index (χ1v) is 9.83. The van der Waals surface area contributed by atoms with Crippen molar-refractivity contribution in [2.24, 2.45) is 0 Å². The standard InChI is InChI=1S/C22H24ClF2NO3/c1-22(26-21(27)8-9-28-2)12-19(14-4-3-5-15(23)10-14)29-20(13-22)17-11-16(24)6-7-18(17)25/h3-7,10-11,19-20H,8-9,12-13H2,1-2H3,(H,26,27)/t19-,20+,22-/m0/s1. The number of rotatable bonds is 6. The molecule has 2 aromatic rings. The molecule has 0 aromatic heterocycles. The first kappa shape index (κ1) is 21.7.